The Labute approximate surface area is 219 Å². The maximum Gasteiger partial charge on any atom is 0.412 e. The second kappa shape index (κ2) is 12.9. The van der Waals surface area contributed by atoms with Crippen LogP contribution >= 0.6 is 0 Å². The molecule has 0 fully saturated rings. The first-order valence-corrected chi connectivity index (χ1v) is 12.0. The van der Waals surface area contributed by atoms with Gasteiger partial charge in [0.05, 0.1) is 12.3 Å². The number of carboxylic acid groups (broad SMARTS) is 1. The lowest BCUT2D eigenvalue weighted by atomic mass is 10.0. The minimum absolute atomic E-state index is 0.130. The van der Waals surface area contributed by atoms with Crippen molar-refractivity contribution in [3.63, 3.8) is 0 Å². The lowest BCUT2D eigenvalue weighted by Gasteiger charge is -2.26. The maximum atomic E-state index is 13.2. The van der Waals surface area contributed by atoms with Crippen LogP contribution in [-0.4, -0.2) is 41.6 Å². The molecule has 0 heterocycles. The van der Waals surface area contributed by atoms with E-state index in [0.29, 0.717) is 22.7 Å². The quantitative estimate of drug-likeness (QED) is 0.224. The van der Waals surface area contributed by atoms with Crippen LogP contribution in [0.5, 0.6) is 11.5 Å². The van der Waals surface area contributed by atoms with Crippen molar-refractivity contribution in [2.45, 2.75) is 12.2 Å². The van der Waals surface area contributed by atoms with Crippen molar-refractivity contribution >= 4 is 28.5 Å². The van der Waals surface area contributed by atoms with Crippen LogP contribution < -0.4 is 14.8 Å². The first-order valence-electron chi connectivity index (χ1n) is 12.0. The molecule has 0 aliphatic heterocycles. The lowest BCUT2D eigenvalue weighted by Crippen LogP contribution is -2.29. The van der Waals surface area contributed by atoms with Crippen LogP contribution in [0.4, 0.5) is 10.5 Å². The molecule has 0 spiro atoms. The normalized spacial score (nSPS) is 12.6. The molecule has 0 aromatic heterocycles. The summed E-state index contributed by atoms with van der Waals surface area (Å²) in [7, 11) is 0. The Bertz CT molecular complexity index is 1380. The molecule has 38 heavy (non-hydrogen) atoms. The number of hydrogen-bond acceptors (Lipinski definition) is 6. The molecule has 8 nitrogen and oxygen atoms in total. The van der Waals surface area contributed by atoms with Crippen LogP contribution in [-0.2, 0) is 9.53 Å². The molecule has 0 bridgehead atoms. The average Bonchev–Trinajstić information content (AvgIpc) is 2.94. The summed E-state index contributed by atoms with van der Waals surface area (Å²) in [5.41, 5.74) is 1.12. The highest BCUT2D eigenvalue weighted by molar-refractivity contribution is 6.00. The molecule has 2 atom stereocenters. The summed E-state index contributed by atoms with van der Waals surface area (Å²) in [5.74, 6) is -0.180. The number of fused-ring (bicyclic) bond motifs is 1. The Balaban J connectivity index is 1.65. The molecule has 0 aliphatic rings. The molecule has 0 aliphatic carbocycles. The predicted octanol–water partition coefficient (Wildman–Crippen LogP) is 5.59. The number of anilines is 1. The summed E-state index contributed by atoms with van der Waals surface area (Å²) < 4.78 is 17.4. The van der Waals surface area contributed by atoms with E-state index in [0.717, 1.165) is 16.8 Å². The van der Waals surface area contributed by atoms with E-state index in [1.54, 1.807) is 54.6 Å². The summed E-state index contributed by atoms with van der Waals surface area (Å²) in [6.07, 6.45) is -0.451. The average molecular weight is 514 g/mol. The topological polar surface area (TPSA) is 114 Å². The third-order valence-electron chi connectivity index (χ3n) is 5.57. The highest BCUT2D eigenvalue weighted by Crippen LogP contribution is 2.30. The van der Waals surface area contributed by atoms with E-state index in [2.05, 4.69) is 5.32 Å². The number of para-hydroxylation sites is 1. The van der Waals surface area contributed by atoms with Crippen molar-refractivity contribution < 1.29 is 34.0 Å². The van der Waals surface area contributed by atoms with Gasteiger partial charge in [-0.25, -0.2) is 9.59 Å². The van der Waals surface area contributed by atoms with Crippen LogP contribution in [0.15, 0.2) is 109 Å². The zero-order valence-corrected chi connectivity index (χ0v) is 20.4. The molecule has 0 saturated carbocycles. The van der Waals surface area contributed by atoms with Gasteiger partial charge >= 0.3 is 12.1 Å². The molecule has 4 aromatic rings. The zero-order chi connectivity index (χ0) is 26.7. The zero-order valence-electron chi connectivity index (χ0n) is 20.4. The number of benzene rings is 4. The Morgan fingerprint density at radius 2 is 1.55 bits per heavy atom. The largest absolute Gasteiger partial charge is 0.491 e. The summed E-state index contributed by atoms with van der Waals surface area (Å²) >= 11 is 0. The van der Waals surface area contributed by atoms with Crippen molar-refractivity contribution in [2.75, 3.05) is 18.5 Å². The van der Waals surface area contributed by atoms with Gasteiger partial charge in [-0.2, -0.15) is 0 Å². The Hall–Kier alpha value is -4.82. The molecule has 4 aromatic carbocycles. The van der Waals surface area contributed by atoms with E-state index in [9.17, 15) is 14.7 Å². The standard InChI is InChI=1S/C30H27NO7/c32-19-20-36-23-15-13-22(14-16-23)29(27(17-18-28(33)34)37-24-9-2-1-3-10-24)38-30(35)31-26-12-6-8-21-7-4-5-11-25(21)26/h1-18,27,29,32H,19-20H2,(H,31,35)(H,33,34)/b18-17+/t27-,29-/m0/s1. The summed E-state index contributed by atoms with van der Waals surface area (Å²) in [6.45, 7) is 0.00258. The first-order chi connectivity index (χ1) is 18.5. The highest BCUT2D eigenvalue weighted by Gasteiger charge is 2.28. The number of amides is 1. The molecule has 0 unspecified atom stereocenters. The number of carbonyl (C=O) groups excluding carboxylic acids is 1. The van der Waals surface area contributed by atoms with Crippen molar-refractivity contribution in [1.29, 1.82) is 0 Å². The number of rotatable bonds is 11. The van der Waals surface area contributed by atoms with Crippen LogP contribution in [0.1, 0.15) is 11.7 Å². The fourth-order valence-electron chi connectivity index (χ4n) is 3.87. The smallest absolute Gasteiger partial charge is 0.412 e. The minimum Gasteiger partial charge on any atom is -0.491 e. The summed E-state index contributed by atoms with van der Waals surface area (Å²) in [4.78, 5) is 24.5. The Morgan fingerprint density at radius 1 is 0.842 bits per heavy atom. The number of hydrogen-bond donors (Lipinski definition) is 3. The number of carboxylic acids is 1. The van der Waals surface area contributed by atoms with Gasteiger partial charge in [-0.1, -0.05) is 66.7 Å². The number of ether oxygens (including phenoxy) is 3. The fourth-order valence-corrected chi connectivity index (χ4v) is 3.87. The van der Waals surface area contributed by atoms with E-state index in [1.165, 1.54) is 6.08 Å². The minimum atomic E-state index is -1.17. The van der Waals surface area contributed by atoms with Gasteiger partial charge < -0.3 is 24.4 Å². The first kappa shape index (κ1) is 26.2. The van der Waals surface area contributed by atoms with Gasteiger partial charge in [-0.3, -0.25) is 5.32 Å². The fraction of sp³-hybridized carbons (Fsp3) is 0.133. The highest BCUT2D eigenvalue weighted by atomic mass is 16.6. The van der Waals surface area contributed by atoms with Gasteiger partial charge in [-0.05, 0) is 47.4 Å². The van der Waals surface area contributed by atoms with Crippen molar-refractivity contribution in [1.82, 2.24) is 0 Å². The molecule has 3 N–H and O–H groups in total. The molecular weight excluding hydrogens is 486 g/mol. The molecule has 1 amide bonds. The number of nitrogens with one attached hydrogen (secondary N) is 1. The maximum absolute atomic E-state index is 13.2. The van der Waals surface area contributed by atoms with Crippen molar-refractivity contribution in [3.8, 4) is 11.5 Å². The van der Waals surface area contributed by atoms with E-state index < -0.39 is 24.3 Å². The van der Waals surface area contributed by atoms with Gasteiger partial charge in [0.1, 0.15) is 18.1 Å². The van der Waals surface area contributed by atoms with Gasteiger partial charge in [0.2, 0.25) is 0 Å². The van der Waals surface area contributed by atoms with Gasteiger partial charge in [-0.15, -0.1) is 0 Å². The number of aliphatic carboxylic acids is 1. The molecule has 0 saturated heterocycles. The molecule has 8 heteroatoms. The van der Waals surface area contributed by atoms with Crippen LogP contribution in [0, 0.1) is 0 Å². The lowest BCUT2D eigenvalue weighted by molar-refractivity contribution is -0.131. The van der Waals surface area contributed by atoms with Crippen LogP contribution in [0.2, 0.25) is 0 Å². The summed E-state index contributed by atoms with van der Waals surface area (Å²) in [5, 5.41) is 22.9. The van der Waals surface area contributed by atoms with Gasteiger partial charge in [0.25, 0.3) is 0 Å². The monoisotopic (exact) mass is 513 g/mol. The third-order valence-corrected chi connectivity index (χ3v) is 5.57. The summed E-state index contributed by atoms with van der Waals surface area (Å²) in [6, 6.07) is 28.7. The van der Waals surface area contributed by atoms with E-state index in [1.807, 2.05) is 42.5 Å². The molecular formula is C30H27NO7. The molecule has 0 radical (unpaired) electrons. The molecule has 4 rings (SSSR count). The second-order valence-corrected chi connectivity index (χ2v) is 8.21. The molecule has 194 valence electrons. The third kappa shape index (κ3) is 7.11. The van der Waals surface area contributed by atoms with E-state index in [-0.39, 0.29) is 13.2 Å². The SMILES string of the molecule is O=C(O)/C=C/[C@H](Oc1ccccc1)[C@@H](OC(=O)Nc1cccc2ccccc12)c1ccc(OCCO)cc1. The number of aliphatic hydroxyl groups is 1. The second-order valence-electron chi connectivity index (χ2n) is 8.21. The van der Waals surface area contributed by atoms with E-state index >= 15 is 0 Å². The predicted molar refractivity (Wildman–Crippen MR) is 143 cm³/mol. The van der Waals surface area contributed by atoms with Crippen molar-refractivity contribution in [2.24, 2.45) is 0 Å². The van der Waals surface area contributed by atoms with Crippen LogP contribution in [0.3, 0.4) is 0 Å². The van der Waals surface area contributed by atoms with Crippen LogP contribution in [0.25, 0.3) is 10.8 Å². The van der Waals surface area contributed by atoms with Gasteiger partial charge in [0, 0.05) is 11.5 Å². The number of aliphatic hydroxyl groups excluding tert-OH is 1. The van der Waals surface area contributed by atoms with Crippen molar-refractivity contribution in [3.05, 3.63) is 115 Å². The Morgan fingerprint density at radius 3 is 2.29 bits per heavy atom. The Kier molecular flexibility index (Phi) is 8.93. The van der Waals surface area contributed by atoms with E-state index in [4.69, 9.17) is 19.3 Å². The van der Waals surface area contributed by atoms with Gasteiger partial charge in [0.15, 0.2) is 12.2 Å². The number of carbonyl (C=O) groups is 2.